The van der Waals surface area contributed by atoms with Crippen molar-refractivity contribution in [2.24, 2.45) is 0 Å². The van der Waals surface area contributed by atoms with Crippen LogP contribution >= 0.6 is 0 Å². The number of nitrogens with zero attached hydrogens (tertiary/aromatic N) is 1. The highest BCUT2D eigenvalue weighted by atomic mass is 16.3. The molecule has 0 N–H and O–H groups in total. The second kappa shape index (κ2) is 15.8. The van der Waals surface area contributed by atoms with Gasteiger partial charge in [0.05, 0.1) is 0 Å². The van der Waals surface area contributed by atoms with Gasteiger partial charge in [0.15, 0.2) is 0 Å². The predicted octanol–water partition coefficient (Wildman–Crippen LogP) is 17.7. The van der Waals surface area contributed by atoms with Crippen LogP contribution in [0.2, 0.25) is 0 Å². The molecule has 300 valence electrons. The molecule has 0 spiro atoms. The third-order valence-corrected chi connectivity index (χ3v) is 12.7. The first-order valence-electron chi connectivity index (χ1n) is 21.9. The lowest BCUT2D eigenvalue weighted by molar-refractivity contribution is 0.669. The maximum absolute atomic E-state index is 6.29. The van der Waals surface area contributed by atoms with Crippen molar-refractivity contribution in [3.63, 3.8) is 0 Å². The SMILES string of the molecule is c1ccc(-c2ccccc2-c2ccccc2-c2ccccc2-c2ccc(N(c3ccc(-c4cc5ccccc5c5ccccc45)cc3)c3ccc4oc5ccccc5c4c3)cc2)cc1. The lowest BCUT2D eigenvalue weighted by atomic mass is 9.87. The topological polar surface area (TPSA) is 16.4 Å². The largest absolute Gasteiger partial charge is 0.456 e. The molecule has 0 aliphatic heterocycles. The summed E-state index contributed by atoms with van der Waals surface area (Å²) in [6.45, 7) is 0. The lowest BCUT2D eigenvalue weighted by Crippen LogP contribution is -2.09. The van der Waals surface area contributed by atoms with E-state index in [1.807, 2.05) is 12.1 Å². The van der Waals surface area contributed by atoms with E-state index in [-0.39, 0.29) is 0 Å². The van der Waals surface area contributed by atoms with E-state index in [0.29, 0.717) is 0 Å². The van der Waals surface area contributed by atoms with Gasteiger partial charge in [-0.15, -0.1) is 0 Å². The van der Waals surface area contributed by atoms with E-state index in [9.17, 15) is 0 Å². The molecule has 0 bridgehead atoms. The van der Waals surface area contributed by atoms with Crippen molar-refractivity contribution >= 4 is 60.5 Å². The average Bonchev–Trinajstić information content (AvgIpc) is 3.75. The van der Waals surface area contributed by atoms with Gasteiger partial charge in [0.2, 0.25) is 0 Å². The summed E-state index contributed by atoms with van der Waals surface area (Å²) in [5.74, 6) is 0. The summed E-state index contributed by atoms with van der Waals surface area (Å²) in [7, 11) is 0. The Hall–Kier alpha value is -8.46. The molecule has 12 rings (SSSR count). The second-order valence-electron chi connectivity index (χ2n) is 16.4. The molecular formula is C62H41NO. The lowest BCUT2D eigenvalue weighted by Gasteiger charge is -2.26. The molecule has 0 aliphatic rings. The van der Waals surface area contributed by atoms with Gasteiger partial charge in [-0.05, 0) is 132 Å². The molecule has 0 unspecified atom stereocenters. The van der Waals surface area contributed by atoms with E-state index in [1.54, 1.807) is 0 Å². The molecule has 64 heavy (non-hydrogen) atoms. The number of benzene rings is 11. The number of rotatable bonds is 8. The van der Waals surface area contributed by atoms with Gasteiger partial charge in [-0.25, -0.2) is 0 Å². The van der Waals surface area contributed by atoms with Gasteiger partial charge < -0.3 is 9.32 Å². The van der Waals surface area contributed by atoms with Crippen LogP contribution in [0.3, 0.4) is 0 Å². The third-order valence-electron chi connectivity index (χ3n) is 12.7. The fourth-order valence-corrected chi connectivity index (χ4v) is 9.68. The van der Waals surface area contributed by atoms with E-state index in [4.69, 9.17) is 4.42 Å². The zero-order valence-corrected chi connectivity index (χ0v) is 35.0. The Balaban J connectivity index is 0.963. The minimum absolute atomic E-state index is 0.877. The van der Waals surface area contributed by atoms with Gasteiger partial charge in [-0.1, -0.05) is 194 Å². The molecule has 2 heteroatoms. The quantitative estimate of drug-likeness (QED) is 0.142. The van der Waals surface area contributed by atoms with Gasteiger partial charge in [0.25, 0.3) is 0 Å². The van der Waals surface area contributed by atoms with Gasteiger partial charge in [-0.2, -0.15) is 0 Å². The summed E-state index contributed by atoms with van der Waals surface area (Å²) in [6, 6.07) is 89.7. The molecule has 2 nitrogen and oxygen atoms in total. The highest BCUT2D eigenvalue weighted by Gasteiger charge is 2.19. The van der Waals surface area contributed by atoms with Crippen LogP contribution < -0.4 is 4.90 Å². The number of hydrogen-bond acceptors (Lipinski definition) is 2. The van der Waals surface area contributed by atoms with Crippen molar-refractivity contribution in [1.82, 2.24) is 0 Å². The number of para-hydroxylation sites is 1. The van der Waals surface area contributed by atoms with Crippen molar-refractivity contribution < 1.29 is 4.42 Å². The normalized spacial score (nSPS) is 11.4. The molecule has 0 radical (unpaired) electrons. The highest BCUT2D eigenvalue weighted by molar-refractivity contribution is 6.14. The molecular weight excluding hydrogens is 775 g/mol. The first-order valence-corrected chi connectivity index (χ1v) is 21.9. The van der Waals surface area contributed by atoms with Crippen molar-refractivity contribution in [1.29, 1.82) is 0 Å². The maximum Gasteiger partial charge on any atom is 0.135 e. The number of anilines is 3. The smallest absolute Gasteiger partial charge is 0.135 e. The van der Waals surface area contributed by atoms with E-state index in [2.05, 4.69) is 241 Å². The van der Waals surface area contributed by atoms with Crippen LogP contribution in [-0.2, 0) is 0 Å². The van der Waals surface area contributed by atoms with Gasteiger partial charge in [0, 0.05) is 27.8 Å². The standard InChI is InChI=1S/C62H41NO/c1-2-16-42(17-3-1)49-19-6-8-22-52(49)55-25-11-12-26-56(55)53-23-9-7-20-50(53)43-30-34-46(35-31-43)63(48-38-39-62-60(41-48)58-28-14-15-29-61(58)64-62)47-36-32-44(33-37-47)59-40-45-18-4-5-21-51(45)54-24-10-13-27-57(54)59/h1-41H. The molecule has 12 aromatic rings. The summed E-state index contributed by atoms with van der Waals surface area (Å²) in [4.78, 5) is 2.36. The molecule has 0 atom stereocenters. The summed E-state index contributed by atoms with van der Waals surface area (Å²) in [5, 5.41) is 7.23. The van der Waals surface area contributed by atoms with Crippen LogP contribution in [0.25, 0.3) is 99.1 Å². The van der Waals surface area contributed by atoms with Crippen LogP contribution in [0.4, 0.5) is 17.1 Å². The minimum atomic E-state index is 0.877. The fraction of sp³-hybridized carbons (Fsp3) is 0. The van der Waals surface area contributed by atoms with Crippen LogP contribution in [0.1, 0.15) is 0 Å². The Labute approximate surface area is 372 Å². The molecule has 1 heterocycles. The second-order valence-corrected chi connectivity index (χ2v) is 16.4. The minimum Gasteiger partial charge on any atom is -0.456 e. The zero-order valence-electron chi connectivity index (χ0n) is 35.0. The monoisotopic (exact) mass is 815 g/mol. The number of fused-ring (bicyclic) bond motifs is 6. The van der Waals surface area contributed by atoms with Gasteiger partial charge >= 0.3 is 0 Å². The molecule has 0 aliphatic carbocycles. The van der Waals surface area contributed by atoms with Gasteiger partial charge in [0.1, 0.15) is 11.2 Å². The molecule has 0 saturated carbocycles. The fourth-order valence-electron chi connectivity index (χ4n) is 9.68. The molecule has 0 fully saturated rings. The van der Waals surface area contributed by atoms with E-state index in [0.717, 1.165) is 44.6 Å². The maximum atomic E-state index is 6.29. The Morgan fingerprint density at radius 3 is 1.28 bits per heavy atom. The summed E-state index contributed by atoms with van der Waals surface area (Å²) < 4.78 is 6.29. The van der Waals surface area contributed by atoms with Crippen LogP contribution in [0, 0.1) is 0 Å². The first kappa shape index (κ1) is 37.3. The molecule has 1 aromatic heterocycles. The molecule has 0 amide bonds. The van der Waals surface area contributed by atoms with Crippen LogP contribution in [0.5, 0.6) is 0 Å². The Morgan fingerprint density at radius 1 is 0.234 bits per heavy atom. The van der Waals surface area contributed by atoms with Crippen LogP contribution in [-0.4, -0.2) is 0 Å². The van der Waals surface area contributed by atoms with Crippen molar-refractivity contribution in [3.05, 3.63) is 249 Å². The van der Waals surface area contributed by atoms with E-state index < -0.39 is 0 Å². The van der Waals surface area contributed by atoms with Crippen LogP contribution in [0.15, 0.2) is 253 Å². The Bertz CT molecular complexity index is 3660. The molecule has 11 aromatic carbocycles. The Morgan fingerprint density at radius 2 is 0.656 bits per heavy atom. The van der Waals surface area contributed by atoms with Crippen molar-refractivity contribution in [2.45, 2.75) is 0 Å². The highest BCUT2D eigenvalue weighted by Crippen LogP contribution is 2.44. The average molecular weight is 816 g/mol. The van der Waals surface area contributed by atoms with Crippen molar-refractivity contribution in [3.8, 4) is 55.6 Å². The third kappa shape index (κ3) is 6.52. The summed E-state index contributed by atoms with van der Waals surface area (Å²) >= 11 is 0. The number of furan rings is 1. The zero-order chi connectivity index (χ0) is 42.4. The van der Waals surface area contributed by atoms with E-state index >= 15 is 0 Å². The summed E-state index contributed by atoms with van der Waals surface area (Å²) in [5.41, 5.74) is 16.9. The number of hydrogen-bond donors (Lipinski definition) is 0. The predicted molar refractivity (Wildman–Crippen MR) is 271 cm³/mol. The first-order chi connectivity index (χ1) is 31.7. The van der Waals surface area contributed by atoms with Gasteiger partial charge in [-0.3, -0.25) is 0 Å². The Kier molecular flexibility index (Phi) is 9.20. The van der Waals surface area contributed by atoms with E-state index in [1.165, 1.54) is 71.6 Å². The van der Waals surface area contributed by atoms with Crippen molar-refractivity contribution in [2.75, 3.05) is 4.90 Å². The summed E-state index contributed by atoms with van der Waals surface area (Å²) in [6.07, 6.45) is 0. The molecule has 0 saturated heterocycles.